The second-order valence-corrected chi connectivity index (χ2v) is 6.02. The lowest BCUT2D eigenvalue weighted by atomic mass is 10.2. The highest BCUT2D eigenvalue weighted by Gasteiger charge is 2.24. The van der Waals surface area contributed by atoms with E-state index in [-0.39, 0.29) is 16.5 Å². The van der Waals surface area contributed by atoms with Crippen LogP contribution in [0.15, 0.2) is 36.4 Å². The quantitative estimate of drug-likeness (QED) is 0.898. The molecule has 3 rings (SSSR count). The number of anilines is 2. The van der Waals surface area contributed by atoms with Crippen LogP contribution in [0, 0.1) is 5.82 Å². The fourth-order valence-corrected chi connectivity index (χ4v) is 3.01. The number of ether oxygens (including phenoxy) is 1. The summed E-state index contributed by atoms with van der Waals surface area (Å²) < 4.78 is 18.4. The van der Waals surface area contributed by atoms with Crippen LogP contribution in [0.4, 0.5) is 15.8 Å². The molecule has 0 atom stereocenters. The van der Waals surface area contributed by atoms with Crippen LogP contribution in [0.2, 0.25) is 5.02 Å². The Bertz CT molecular complexity index is 841. The SMILES string of the molecule is COc1cc(NC(=O)c2ccc(F)cc2Cl)ccc1N1CCCC1=O. The van der Waals surface area contributed by atoms with Crippen molar-refractivity contribution in [3.8, 4) is 5.75 Å². The molecule has 0 spiro atoms. The van der Waals surface area contributed by atoms with Gasteiger partial charge in [0, 0.05) is 24.7 Å². The van der Waals surface area contributed by atoms with E-state index in [1.54, 1.807) is 23.1 Å². The van der Waals surface area contributed by atoms with Gasteiger partial charge < -0.3 is 15.0 Å². The van der Waals surface area contributed by atoms with Crippen molar-refractivity contribution in [2.24, 2.45) is 0 Å². The van der Waals surface area contributed by atoms with Gasteiger partial charge >= 0.3 is 0 Å². The molecule has 0 unspecified atom stereocenters. The molecule has 1 saturated heterocycles. The molecule has 0 bridgehead atoms. The van der Waals surface area contributed by atoms with E-state index in [9.17, 15) is 14.0 Å². The summed E-state index contributed by atoms with van der Waals surface area (Å²) in [7, 11) is 1.50. The van der Waals surface area contributed by atoms with Gasteiger partial charge in [-0.2, -0.15) is 0 Å². The maximum atomic E-state index is 13.1. The Morgan fingerprint density at radius 2 is 2.08 bits per heavy atom. The predicted molar refractivity (Wildman–Crippen MR) is 93.9 cm³/mol. The summed E-state index contributed by atoms with van der Waals surface area (Å²) >= 11 is 5.91. The molecule has 0 saturated carbocycles. The van der Waals surface area contributed by atoms with E-state index in [2.05, 4.69) is 5.32 Å². The third kappa shape index (κ3) is 3.58. The zero-order valence-electron chi connectivity index (χ0n) is 13.5. The Labute approximate surface area is 149 Å². The van der Waals surface area contributed by atoms with Crippen molar-refractivity contribution in [1.82, 2.24) is 0 Å². The van der Waals surface area contributed by atoms with Gasteiger partial charge in [-0.25, -0.2) is 4.39 Å². The van der Waals surface area contributed by atoms with Crippen LogP contribution in [0.5, 0.6) is 5.75 Å². The van der Waals surface area contributed by atoms with E-state index in [1.807, 2.05) is 0 Å². The van der Waals surface area contributed by atoms with E-state index in [4.69, 9.17) is 16.3 Å². The number of hydrogen-bond acceptors (Lipinski definition) is 3. The first kappa shape index (κ1) is 17.2. The normalized spacial score (nSPS) is 13.9. The van der Waals surface area contributed by atoms with E-state index >= 15 is 0 Å². The lowest BCUT2D eigenvalue weighted by molar-refractivity contribution is -0.117. The Hall–Kier alpha value is -2.60. The van der Waals surface area contributed by atoms with Crippen molar-refractivity contribution in [2.75, 3.05) is 23.9 Å². The molecular formula is C18H16ClFN2O3. The molecule has 0 radical (unpaired) electrons. The molecule has 130 valence electrons. The first-order valence-corrected chi connectivity index (χ1v) is 8.12. The third-order valence-corrected chi connectivity index (χ3v) is 4.29. The second kappa shape index (κ2) is 7.11. The summed E-state index contributed by atoms with van der Waals surface area (Å²) in [6.45, 7) is 0.645. The summed E-state index contributed by atoms with van der Waals surface area (Å²) in [4.78, 5) is 25.9. The first-order valence-electron chi connectivity index (χ1n) is 7.74. The van der Waals surface area contributed by atoms with Crippen molar-refractivity contribution in [2.45, 2.75) is 12.8 Å². The molecule has 1 N–H and O–H groups in total. The summed E-state index contributed by atoms with van der Waals surface area (Å²) in [5, 5.41) is 2.72. The Morgan fingerprint density at radius 3 is 2.72 bits per heavy atom. The van der Waals surface area contributed by atoms with Crippen molar-refractivity contribution in [3.63, 3.8) is 0 Å². The highest BCUT2D eigenvalue weighted by Crippen LogP contribution is 2.34. The van der Waals surface area contributed by atoms with Crippen molar-refractivity contribution >= 4 is 34.8 Å². The molecule has 2 aromatic rings. The average Bonchev–Trinajstić information content (AvgIpc) is 3.00. The minimum atomic E-state index is -0.511. The molecule has 7 heteroatoms. The van der Waals surface area contributed by atoms with Crippen molar-refractivity contribution in [1.29, 1.82) is 0 Å². The second-order valence-electron chi connectivity index (χ2n) is 5.61. The largest absolute Gasteiger partial charge is 0.494 e. The number of halogens is 2. The van der Waals surface area contributed by atoms with Crippen LogP contribution in [-0.4, -0.2) is 25.5 Å². The number of nitrogens with one attached hydrogen (secondary N) is 1. The molecule has 1 fully saturated rings. The highest BCUT2D eigenvalue weighted by atomic mass is 35.5. The number of nitrogens with zero attached hydrogens (tertiary/aromatic N) is 1. The van der Waals surface area contributed by atoms with Crippen LogP contribution in [0.1, 0.15) is 23.2 Å². The third-order valence-electron chi connectivity index (χ3n) is 3.98. The topological polar surface area (TPSA) is 58.6 Å². The fraction of sp³-hybridized carbons (Fsp3) is 0.222. The predicted octanol–water partition coefficient (Wildman–Crippen LogP) is 3.87. The lowest BCUT2D eigenvalue weighted by Gasteiger charge is -2.19. The van der Waals surface area contributed by atoms with Crippen molar-refractivity contribution in [3.05, 3.63) is 52.8 Å². The minimum absolute atomic E-state index is 0.0312. The first-order chi connectivity index (χ1) is 12.0. The van der Waals surface area contributed by atoms with Gasteiger partial charge in [0.2, 0.25) is 5.91 Å². The average molecular weight is 363 g/mol. The number of methoxy groups -OCH3 is 1. The minimum Gasteiger partial charge on any atom is -0.494 e. The van der Waals surface area contributed by atoms with Crippen LogP contribution in [0.3, 0.4) is 0 Å². The van der Waals surface area contributed by atoms with Crippen LogP contribution < -0.4 is 15.0 Å². The summed E-state index contributed by atoms with van der Waals surface area (Å²) in [5.74, 6) is -0.439. The fourth-order valence-electron chi connectivity index (χ4n) is 2.75. The molecule has 5 nitrogen and oxygen atoms in total. The van der Waals surface area contributed by atoms with Gasteiger partial charge in [-0.15, -0.1) is 0 Å². The van der Waals surface area contributed by atoms with E-state index in [0.717, 1.165) is 12.5 Å². The monoisotopic (exact) mass is 362 g/mol. The van der Waals surface area contributed by atoms with Gasteiger partial charge in [-0.3, -0.25) is 9.59 Å². The summed E-state index contributed by atoms with van der Waals surface area (Å²) in [6.07, 6.45) is 1.33. The highest BCUT2D eigenvalue weighted by molar-refractivity contribution is 6.34. The van der Waals surface area contributed by atoms with Gasteiger partial charge in [0.25, 0.3) is 5.91 Å². The summed E-state index contributed by atoms with van der Waals surface area (Å²) in [5.41, 5.74) is 1.32. The molecule has 1 heterocycles. The Morgan fingerprint density at radius 1 is 1.28 bits per heavy atom. The van der Waals surface area contributed by atoms with Crippen molar-refractivity contribution < 1.29 is 18.7 Å². The number of amides is 2. The maximum absolute atomic E-state index is 13.1. The molecular weight excluding hydrogens is 347 g/mol. The van der Waals surface area contributed by atoms with Crippen LogP contribution in [0.25, 0.3) is 0 Å². The standard InChI is InChI=1S/C18H16ClFN2O3/c1-25-16-10-12(5-7-15(16)22-8-2-3-17(22)23)21-18(24)13-6-4-11(20)9-14(13)19/h4-7,9-10H,2-3,8H2,1H3,(H,21,24). The molecule has 1 aliphatic rings. The lowest BCUT2D eigenvalue weighted by Crippen LogP contribution is -2.24. The smallest absolute Gasteiger partial charge is 0.257 e. The number of rotatable bonds is 4. The molecule has 1 aliphatic heterocycles. The van der Waals surface area contributed by atoms with Crippen LogP contribution >= 0.6 is 11.6 Å². The van der Waals surface area contributed by atoms with Gasteiger partial charge in [0.1, 0.15) is 11.6 Å². The summed E-state index contributed by atoms with van der Waals surface area (Å²) in [6, 6.07) is 8.61. The van der Waals surface area contributed by atoms with E-state index < -0.39 is 11.7 Å². The number of carbonyl (C=O) groups excluding carboxylic acids is 2. The maximum Gasteiger partial charge on any atom is 0.257 e. The zero-order chi connectivity index (χ0) is 18.0. The number of benzene rings is 2. The zero-order valence-corrected chi connectivity index (χ0v) is 14.3. The molecule has 0 aromatic heterocycles. The van der Waals surface area contributed by atoms with Gasteiger partial charge in [0.05, 0.1) is 23.4 Å². The van der Waals surface area contributed by atoms with Crippen LogP contribution in [-0.2, 0) is 4.79 Å². The molecule has 2 aromatic carbocycles. The number of carbonyl (C=O) groups is 2. The number of hydrogen-bond donors (Lipinski definition) is 1. The molecule has 0 aliphatic carbocycles. The Kier molecular flexibility index (Phi) is 4.90. The van der Waals surface area contributed by atoms with E-state index in [1.165, 1.54) is 19.2 Å². The van der Waals surface area contributed by atoms with Gasteiger partial charge in [-0.1, -0.05) is 11.6 Å². The Balaban J connectivity index is 1.83. The van der Waals surface area contributed by atoms with Gasteiger partial charge in [-0.05, 0) is 36.8 Å². The van der Waals surface area contributed by atoms with E-state index in [0.29, 0.717) is 30.1 Å². The molecule has 2 amide bonds. The van der Waals surface area contributed by atoms with Gasteiger partial charge in [0.15, 0.2) is 0 Å². The molecule has 25 heavy (non-hydrogen) atoms.